The second-order valence-electron chi connectivity index (χ2n) is 5.29. The number of hydrogen-bond acceptors (Lipinski definition) is 5. The van der Waals surface area contributed by atoms with Gasteiger partial charge in [-0.25, -0.2) is 4.98 Å². The Morgan fingerprint density at radius 3 is 2.78 bits per heavy atom. The Labute approximate surface area is 143 Å². The van der Waals surface area contributed by atoms with Gasteiger partial charge in [0.05, 0.1) is 5.69 Å². The van der Waals surface area contributed by atoms with Gasteiger partial charge >= 0.3 is 0 Å². The number of carbonyl (C=O) groups excluding carboxylic acids is 2. The van der Waals surface area contributed by atoms with E-state index in [-0.39, 0.29) is 24.4 Å². The summed E-state index contributed by atoms with van der Waals surface area (Å²) in [6.07, 6.45) is 2.57. The number of hydrogen-bond donors (Lipinski definition) is 3. The van der Waals surface area contributed by atoms with Gasteiger partial charge < -0.3 is 11.5 Å². The Bertz CT molecular complexity index is 747. The van der Waals surface area contributed by atoms with Crippen molar-refractivity contribution in [1.29, 1.82) is 0 Å². The molecule has 0 spiro atoms. The zero-order valence-electron chi connectivity index (χ0n) is 12.2. The molecule has 0 saturated carbocycles. The van der Waals surface area contributed by atoms with E-state index in [1.807, 2.05) is 0 Å². The topological polar surface area (TPSA) is 111 Å². The Balaban J connectivity index is 0.00000192. The second kappa shape index (κ2) is 7.08. The molecule has 1 heterocycles. The molecular formula is C15H17ClN4O2S. The molecule has 0 bridgehead atoms. The third-order valence-electron chi connectivity index (χ3n) is 3.61. The molecule has 2 aromatic rings. The highest BCUT2D eigenvalue weighted by atomic mass is 35.5. The lowest BCUT2D eigenvalue weighted by molar-refractivity contribution is 0.1000. The number of rotatable bonds is 3. The van der Waals surface area contributed by atoms with Crippen LogP contribution in [0.25, 0.3) is 0 Å². The van der Waals surface area contributed by atoms with Crippen molar-refractivity contribution in [2.75, 3.05) is 5.32 Å². The maximum atomic E-state index is 12.2. The van der Waals surface area contributed by atoms with Crippen molar-refractivity contribution >= 4 is 40.7 Å². The van der Waals surface area contributed by atoms with E-state index < -0.39 is 5.91 Å². The maximum absolute atomic E-state index is 12.2. The number of aryl methyl sites for hydroxylation is 1. The van der Waals surface area contributed by atoms with E-state index >= 15 is 0 Å². The summed E-state index contributed by atoms with van der Waals surface area (Å²) in [6.45, 7) is 0. The standard InChI is InChI=1S/C15H16N4O2S.ClH/c16-10-4-5-11-12(7-10)22-15(18-11)19-14(21)9-3-1-2-8(6-9)13(17)20;/h1-3,6,10H,4-5,7,16H2,(H2,17,20)(H,18,19,21);1H/t10-;/m0./s1. The first-order valence-electron chi connectivity index (χ1n) is 6.98. The maximum Gasteiger partial charge on any atom is 0.257 e. The predicted molar refractivity (Wildman–Crippen MR) is 92.3 cm³/mol. The van der Waals surface area contributed by atoms with E-state index in [1.165, 1.54) is 17.4 Å². The summed E-state index contributed by atoms with van der Waals surface area (Å²) in [6, 6.07) is 6.47. The van der Waals surface area contributed by atoms with Gasteiger partial charge in [0.25, 0.3) is 5.91 Å². The number of thiazole rings is 1. The fourth-order valence-electron chi connectivity index (χ4n) is 2.44. The molecule has 0 fully saturated rings. The predicted octanol–water partition coefficient (Wildman–Crippen LogP) is 1.73. The molecule has 2 amide bonds. The molecule has 1 aromatic carbocycles. The number of aromatic nitrogens is 1. The number of nitrogens with two attached hydrogens (primary N) is 2. The van der Waals surface area contributed by atoms with Crippen LogP contribution < -0.4 is 16.8 Å². The van der Waals surface area contributed by atoms with Crippen LogP contribution in [0.4, 0.5) is 5.13 Å². The summed E-state index contributed by atoms with van der Waals surface area (Å²) in [5.41, 5.74) is 12.9. The molecule has 23 heavy (non-hydrogen) atoms. The highest BCUT2D eigenvalue weighted by Crippen LogP contribution is 2.29. The van der Waals surface area contributed by atoms with E-state index in [1.54, 1.807) is 18.2 Å². The number of halogens is 1. The molecule has 1 aliphatic carbocycles. The Kier molecular flexibility index (Phi) is 5.35. The van der Waals surface area contributed by atoms with Gasteiger partial charge in [0.2, 0.25) is 5.91 Å². The average Bonchev–Trinajstić information content (AvgIpc) is 2.88. The Hall–Kier alpha value is -1.96. The molecule has 0 saturated heterocycles. The first-order chi connectivity index (χ1) is 10.5. The van der Waals surface area contributed by atoms with Gasteiger partial charge in [-0.2, -0.15) is 0 Å². The first kappa shape index (κ1) is 17.4. The molecule has 0 aliphatic heterocycles. The van der Waals surface area contributed by atoms with Crippen molar-refractivity contribution in [1.82, 2.24) is 4.98 Å². The minimum Gasteiger partial charge on any atom is -0.366 e. The summed E-state index contributed by atoms with van der Waals surface area (Å²) in [4.78, 5) is 29.0. The third-order valence-corrected chi connectivity index (χ3v) is 4.64. The lowest BCUT2D eigenvalue weighted by Crippen LogP contribution is -2.27. The van der Waals surface area contributed by atoms with Crippen LogP contribution in [0.15, 0.2) is 24.3 Å². The fourth-order valence-corrected chi connectivity index (χ4v) is 3.53. The zero-order chi connectivity index (χ0) is 15.7. The minimum atomic E-state index is -0.562. The second-order valence-corrected chi connectivity index (χ2v) is 6.37. The number of primary amides is 1. The molecular weight excluding hydrogens is 336 g/mol. The molecule has 1 atom stereocenters. The summed E-state index contributed by atoms with van der Waals surface area (Å²) in [7, 11) is 0. The number of carbonyl (C=O) groups is 2. The van der Waals surface area contributed by atoms with E-state index in [0.29, 0.717) is 16.3 Å². The molecule has 3 rings (SSSR count). The number of fused-ring (bicyclic) bond motifs is 1. The van der Waals surface area contributed by atoms with E-state index in [4.69, 9.17) is 11.5 Å². The lowest BCUT2D eigenvalue weighted by atomic mass is 9.99. The van der Waals surface area contributed by atoms with Gasteiger partial charge in [-0.1, -0.05) is 6.07 Å². The largest absolute Gasteiger partial charge is 0.366 e. The summed E-state index contributed by atoms with van der Waals surface area (Å²) in [5, 5.41) is 3.34. The fraction of sp³-hybridized carbons (Fsp3) is 0.267. The molecule has 1 aliphatic rings. The molecule has 1 aromatic heterocycles. The number of anilines is 1. The highest BCUT2D eigenvalue weighted by Gasteiger charge is 2.21. The molecule has 8 heteroatoms. The smallest absolute Gasteiger partial charge is 0.257 e. The highest BCUT2D eigenvalue weighted by molar-refractivity contribution is 7.15. The molecule has 0 radical (unpaired) electrons. The van der Waals surface area contributed by atoms with Crippen molar-refractivity contribution in [2.24, 2.45) is 11.5 Å². The molecule has 122 valence electrons. The summed E-state index contributed by atoms with van der Waals surface area (Å²) < 4.78 is 0. The normalized spacial score (nSPS) is 16.1. The van der Waals surface area contributed by atoms with E-state index in [0.717, 1.165) is 29.8 Å². The molecule has 0 unspecified atom stereocenters. The molecule has 6 nitrogen and oxygen atoms in total. The number of nitrogens with zero attached hydrogens (tertiary/aromatic N) is 1. The van der Waals surface area contributed by atoms with Crippen molar-refractivity contribution in [2.45, 2.75) is 25.3 Å². The van der Waals surface area contributed by atoms with E-state index in [9.17, 15) is 9.59 Å². The number of amides is 2. The monoisotopic (exact) mass is 352 g/mol. The third kappa shape index (κ3) is 3.87. The van der Waals surface area contributed by atoms with Crippen LogP contribution in [0.3, 0.4) is 0 Å². The minimum absolute atomic E-state index is 0. The number of nitrogens with one attached hydrogen (secondary N) is 1. The van der Waals surface area contributed by atoms with Crippen LogP contribution in [0.1, 0.15) is 37.7 Å². The Morgan fingerprint density at radius 2 is 2.04 bits per heavy atom. The van der Waals surface area contributed by atoms with Crippen molar-refractivity contribution in [3.63, 3.8) is 0 Å². The summed E-state index contributed by atoms with van der Waals surface area (Å²) in [5.74, 6) is -0.869. The van der Waals surface area contributed by atoms with Crippen LogP contribution in [0.2, 0.25) is 0 Å². The van der Waals surface area contributed by atoms with Crippen molar-refractivity contribution in [3.05, 3.63) is 46.0 Å². The summed E-state index contributed by atoms with van der Waals surface area (Å²) >= 11 is 1.46. The van der Waals surface area contributed by atoms with Crippen LogP contribution in [-0.2, 0) is 12.8 Å². The van der Waals surface area contributed by atoms with Gasteiger partial charge in [0.1, 0.15) is 0 Å². The van der Waals surface area contributed by atoms with Gasteiger partial charge in [-0.3, -0.25) is 14.9 Å². The van der Waals surface area contributed by atoms with E-state index in [2.05, 4.69) is 10.3 Å². The Morgan fingerprint density at radius 1 is 1.30 bits per heavy atom. The van der Waals surface area contributed by atoms with Crippen molar-refractivity contribution in [3.8, 4) is 0 Å². The van der Waals surface area contributed by atoms with Gasteiger partial charge in [0, 0.05) is 22.0 Å². The zero-order valence-corrected chi connectivity index (χ0v) is 13.9. The van der Waals surface area contributed by atoms with Gasteiger partial charge in [-0.05, 0) is 37.5 Å². The molecule has 5 N–H and O–H groups in total. The van der Waals surface area contributed by atoms with Crippen LogP contribution in [0, 0.1) is 0 Å². The average molecular weight is 353 g/mol. The number of benzene rings is 1. The van der Waals surface area contributed by atoms with Gasteiger partial charge in [0.15, 0.2) is 5.13 Å². The lowest BCUT2D eigenvalue weighted by Gasteiger charge is -2.15. The van der Waals surface area contributed by atoms with Crippen LogP contribution in [-0.4, -0.2) is 22.8 Å². The SMILES string of the molecule is Cl.NC(=O)c1cccc(C(=O)Nc2nc3c(s2)C[C@@H](N)CC3)c1. The first-order valence-corrected chi connectivity index (χ1v) is 7.80. The van der Waals surface area contributed by atoms with Crippen LogP contribution in [0.5, 0.6) is 0 Å². The van der Waals surface area contributed by atoms with Crippen LogP contribution >= 0.6 is 23.7 Å². The quantitative estimate of drug-likeness (QED) is 0.781. The van der Waals surface area contributed by atoms with Gasteiger partial charge in [-0.15, -0.1) is 23.7 Å². The van der Waals surface area contributed by atoms with Crippen molar-refractivity contribution < 1.29 is 9.59 Å².